The van der Waals surface area contributed by atoms with Crippen molar-refractivity contribution >= 4 is 45.3 Å². The lowest BCUT2D eigenvalue weighted by Gasteiger charge is -2.09. The average Bonchev–Trinajstić information content (AvgIpc) is 3.95. The molecule has 0 aliphatic carbocycles. The van der Waals surface area contributed by atoms with Crippen molar-refractivity contribution in [2.24, 2.45) is 0 Å². The van der Waals surface area contributed by atoms with Gasteiger partial charge >= 0.3 is 0 Å². The molecule has 4 aromatic heterocycles. The maximum atomic E-state index is 15.6. The Morgan fingerprint density at radius 3 is 1.45 bits per heavy atom. The van der Waals surface area contributed by atoms with Gasteiger partial charge in [-0.1, -0.05) is 42.0 Å². The quantitative estimate of drug-likeness (QED) is 0.0999. The van der Waals surface area contributed by atoms with Crippen LogP contribution in [0.15, 0.2) is 84.9 Å². The summed E-state index contributed by atoms with van der Waals surface area (Å²) in [7, 11) is 1.56. The molecule has 1 aliphatic heterocycles. The summed E-state index contributed by atoms with van der Waals surface area (Å²) in [5.74, 6) is -9.58. The van der Waals surface area contributed by atoms with Crippen molar-refractivity contribution < 1.29 is 26.7 Å². The van der Waals surface area contributed by atoms with Gasteiger partial charge in [0.05, 0.1) is 29.6 Å². The van der Waals surface area contributed by atoms with Crippen LogP contribution in [0, 0.1) is 36.0 Å². The van der Waals surface area contributed by atoms with Crippen molar-refractivity contribution in [1.29, 1.82) is 0 Å². The van der Waals surface area contributed by atoms with Gasteiger partial charge in [-0.15, -0.1) is 0 Å². The zero-order chi connectivity index (χ0) is 34.0. The number of methoxy groups -OCH3 is 1. The van der Waals surface area contributed by atoms with Crippen LogP contribution in [0.5, 0.6) is 5.75 Å². The number of fused-ring (bicyclic) bond motifs is 9. The highest BCUT2D eigenvalue weighted by Crippen LogP contribution is 2.39. The van der Waals surface area contributed by atoms with E-state index < -0.39 is 34.6 Å². The Balaban J connectivity index is 1.58. The van der Waals surface area contributed by atoms with E-state index in [2.05, 4.69) is 15.0 Å². The van der Waals surface area contributed by atoms with Gasteiger partial charge in [-0.2, -0.15) is 0 Å². The Bertz CT molecular complexity index is 2570. The van der Waals surface area contributed by atoms with E-state index in [0.717, 1.165) is 22.2 Å². The van der Waals surface area contributed by atoms with Crippen molar-refractivity contribution in [1.82, 2.24) is 19.9 Å². The number of nitrogens with one attached hydrogen (secondary N) is 3. The summed E-state index contributed by atoms with van der Waals surface area (Å²) in [6, 6.07) is 25.4. The lowest BCUT2D eigenvalue weighted by molar-refractivity contribution is 0.381. The molecule has 8 bridgehead atoms. The normalized spacial score (nSPS) is 11.9. The summed E-state index contributed by atoms with van der Waals surface area (Å²) in [5, 5.41) is 0. The monoisotopic (exact) mass is 660 g/mol. The predicted molar refractivity (Wildman–Crippen MR) is 183 cm³/mol. The molecule has 0 saturated carbocycles. The van der Waals surface area contributed by atoms with Crippen LogP contribution in [0.2, 0.25) is 0 Å². The molecule has 3 N–H and O–H groups in total. The highest BCUT2D eigenvalue weighted by Gasteiger charge is 2.28. The van der Waals surface area contributed by atoms with Crippen LogP contribution in [-0.2, 0) is 0 Å². The molecule has 49 heavy (non-hydrogen) atoms. The van der Waals surface area contributed by atoms with Gasteiger partial charge < -0.3 is 19.7 Å². The summed E-state index contributed by atoms with van der Waals surface area (Å²) < 4.78 is 80.4. The standard InChI is InChI=1S/C39H25F5N4O/c1-19-3-5-20(6-4-19)31-25-13-11-23(45-25)24-12-14-26(46-24)32(21-7-9-22(49-2)10-8-21)28-16-18-30(48-28)33(29-17-15-27(31)47-29)34-35(40)37(42)39(44)38(43)36(34)41/h3-18,45,47-48H,1-2H3. The van der Waals surface area contributed by atoms with Crippen LogP contribution in [0.1, 0.15) is 17.0 Å². The zero-order valence-corrected chi connectivity index (χ0v) is 26.0. The molecule has 1 aliphatic rings. The smallest absolute Gasteiger partial charge is 0.200 e. The maximum Gasteiger partial charge on any atom is 0.200 e. The van der Waals surface area contributed by atoms with Crippen LogP contribution in [-0.4, -0.2) is 27.0 Å². The van der Waals surface area contributed by atoms with Gasteiger partial charge in [0.1, 0.15) is 5.75 Å². The van der Waals surface area contributed by atoms with Crippen LogP contribution in [0.3, 0.4) is 0 Å². The fourth-order valence-corrected chi connectivity index (χ4v) is 6.33. The third-order valence-electron chi connectivity index (χ3n) is 8.76. The number of rotatable bonds is 4. The summed E-state index contributed by atoms with van der Waals surface area (Å²) in [6.07, 6.45) is 3.74. The van der Waals surface area contributed by atoms with Gasteiger partial charge in [0, 0.05) is 44.3 Å². The molecule has 0 fully saturated rings. The Labute approximate surface area is 275 Å². The average molecular weight is 661 g/mol. The predicted octanol–water partition coefficient (Wildman–Crippen LogP) is 10.7. The molecule has 0 spiro atoms. The van der Waals surface area contributed by atoms with Gasteiger partial charge in [0.15, 0.2) is 23.3 Å². The molecule has 10 heteroatoms. The van der Waals surface area contributed by atoms with Crippen molar-refractivity contribution in [2.75, 3.05) is 7.11 Å². The van der Waals surface area contributed by atoms with Crippen molar-refractivity contribution in [2.45, 2.75) is 6.92 Å². The van der Waals surface area contributed by atoms with E-state index in [1.54, 1.807) is 43.5 Å². The first-order valence-corrected chi connectivity index (χ1v) is 15.3. The number of halogens is 5. The van der Waals surface area contributed by atoms with E-state index in [0.29, 0.717) is 44.8 Å². The Kier molecular flexibility index (Phi) is 7.10. The number of hydrogen-bond acceptors (Lipinski definition) is 2. The van der Waals surface area contributed by atoms with Gasteiger partial charge in [0.2, 0.25) is 5.82 Å². The number of ether oxygens (including phenoxy) is 1. The minimum atomic E-state index is -2.23. The van der Waals surface area contributed by atoms with E-state index in [1.165, 1.54) is 0 Å². The van der Waals surface area contributed by atoms with Gasteiger partial charge in [-0.25, -0.2) is 26.9 Å². The maximum absolute atomic E-state index is 15.6. The van der Waals surface area contributed by atoms with E-state index in [1.807, 2.05) is 67.6 Å². The van der Waals surface area contributed by atoms with Gasteiger partial charge in [-0.3, -0.25) is 0 Å². The van der Waals surface area contributed by atoms with Crippen LogP contribution < -0.4 is 4.74 Å². The first-order chi connectivity index (χ1) is 23.7. The molecule has 3 aromatic carbocycles. The second-order valence-corrected chi connectivity index (χ2v) is 11.7. The lowest BCUT2D eigenvalue weighted by atomic mass is 10.0. The third-order valence-corrected chi connectivity index (χ3v) is 8.76. The number of H-pyrrole nitrogens is 3. The lowest BCUT2D eigenvalue weighted by Crippen LogP contribution is -2.04. The minimum absolute atomic E-state index is 0.109. The summed E-state index contributed by atoms with van der Waals surface area (Å²) in [4.78, 5) is 14.9. The molecule has 242 valence electrons. The molecule has 8 rings (SSSR count). The second kappa shape index (κ2) is 11.5. The summed E-state index contributed by atoms with van der Waals surface area (Å²) in [6.45, 7) is 1.97. The Hall–Kier alpha value is -6.16. The van der Waals surface area contributed by atoms with Crippen molar-refractivity contribution in [3.05, 3.63) is 131 Å². The Morgan fingerprint density at radius 2 is 0.878 bits per heavy atom. The number of aromatic nitrogens is 4. The third kappa shape index (κ3) is 4.95. The molecule has 0 saturated heterocycles. The largest absolute Gasteiger partial charge is 0.497 e. The van der Waals surface area contributed by atoms with E-state index in [9.17, 15) is 13.2 Å². The van der Waals surface area contributed by atoms with Gasteiger partial charge in [0.25, 0.3) is 0 Å². The number of nitrogens with zero attached hydrogens (tertiary/aromatic N) is 1. The minimum Gasteiger partial charge on any atom is -0.497 e. The topological polar surface area (TPSA) is 69.5 Å². The van der Waals surface area contributed by atoms with Crippen LogP contribution in [0.25, 0.3) is 78.6 Å². The number of benzene rings is 3. The molecule has 7 aromatic rings. The van der Waals surface area contributed by atoms with E-state index in [-0.39, 0.29) is 16.6 Å². The molecule has 5 heterocycles. The Morgan fingerprint density at radius 1 is 0.449 bits per heavy atom. The molecule has 0 atom stereocenters. The van der Waals surface area contributed by atoms with Crippen molar-refractivity contribution in [3.8, 4) is 39.1 Å². The number of hydrogen-bond donors (Lipinski definition) is 3. The highest BCUT2D eigenvalue weighted by molar-refractivity contribution is 6.00. The molecule has 0 radical (unpaired) electrons. The molecule has 0 unspecified atom stereocenters. The number of aryl methyl sites for hydroxylation is 1. The molecule has 5 nitrogen and oxygen atoms in total. The number of aromatic amines is 3. The van der Waals surface area contributed by atoms with Gasteiger partial charge in [-0.05, 0) is 78.7 Å². The zero-order valence-electron chi connectivity index (χ0n) is 26.0. The summed E-state index contributed by atoms with van der Waals surface area (Å²) >= 11 is 0. The second-order valence-electron chi connectivity index (χ2n) is 11.7. The van der Waals surface area contributed by atoms with E-state index in [4.69, 9.17) is 9.72 Å². The fourth-order valence-electron chi connectivity index (χ4n) is 6.33. The van der Waals surface area contributed by atoms with Crippen LogP contribution >= 0.6 is 0 Å². The summed E-state index contributed by atoms with van der Waals surface area (Å²) in [5.41, 5.74) is 6.63. The fraction of sp³-hybridized carbons (Fsp3) is 0.0513. The van der Waals surface area contributed by atoms with Crippen molar-refractivity contribution in [3.63, 3.8) is 0 Å². The first-order valence-electron chi connectivity index (χ1n) is 15.3. The van der Waals surface area contributed by atoms with Crippen LogP contribution in [0.4, 0.5) is 22.0 Å². The van der Waals surface area contributed by atoms with E-state index >= 15 is 8.78 Å². The molecule has 0 amide bonds. The SMILES string of the molecule is COc1ccc(-c2c3nc(c4ccc([nH]4)c(-c4ccc(C)cc4)c4ccc([nH]4)c(-c4c(F)c(F)c(F)c(F)c4F)c4ccc2[nH]4)C=C3)cc1. The molecular formula is C39H25F5N4O. The first kappa shape index (κ1) is 30.2. The highest BCUT2D eigenvalue weighted by atomic mass is 19.2. The molecular weight excluding hydrogens is 635 g/mol.